The standard InChI is InChI=1S/C22H21N3O3/c1-25(15-16-6-4-3-5-7-16)21(26)18-12-20(14-23-13-18)24-19-10-8-17(9-11-19)22(27)28-2/h3-14,24H,15H2,1-2H3. The van der Waals surface area contributed by atoms with Crippen LogP contribution in [-0.2, 0) is 11.3 Å². The number of carbonyl (C=O) groups excluding carboxylic acids is 2. The Bertz CT molecular complexity index is 956. The summed E-state index contributed by atoms with van der Waals surface area (Å²) in [7, 11) is 3.11. The number of rotatable bonds is 6. The van der Waals surface area contributed by atoms with Crippen LogP contribution in [0, 0.1) is 0 Å². The molecule has 0 aliphatic carbocycles. The van der Waals surface area contributed by atoms with Crippen LogP contribution in [0.3, 0.4) is 0 Å². The molecule has 0 radical (unpaired) electrons. The fourth-order valence-corrected chi connectivity index (χ4v) is 2.75. The van der Waals surface area contributed by atoms with Gasteiger partial charge in [0.15, 0.2) is 0 Å². The molecule has 0 aliphatic heterocycles. The molecule has 0 saturated heterocycles. The molecule has 3 rings (SSSR count). The van der Waals surface area contributed by atoms with E-state index in [1.54, 1.807) is 54.7 Å². The number of anilines is 2. The number of benzene rings is 2. The minimum absolute atomic E-state index is 0.110. The Hall–Kier alpha value is -3.67. The third kappa shape index (κ3) is 4.73. The van der Waals surface area contributed by atoms with E-state index in [4.69, 9.17) is 0 Å². The monoisotopic (exact) mass is 375 g/mol. The third-order valence-corrected chi connectivity index (χ3v) is 4.19. The van der Waals surface area contributed by atoms with Crippen LogP contribution in [0.2, 0.25) is 0 Å². The molecule has 0 unspecified atom stereocenters. The van der Waals surface area contributed by atoms with Gasteiger partial charge in [-0.25, -0.2) is 4.79 Å². The van der Waals surface area contributed by atoms with Gasteiger partial charge in [-0.2, -0.15) is 0 Å². The second kappa shape index (κ2) is 8.81. The van der Waals surface area contributed by atoms with Gasteiger partial charge in [-0.1, -0.05) is 30.3 Å². The van der Waals surface area contributed by atoms with Crippen molar-refractivity contribution < 1.29 is 14.3 Å². The lowest BCUT2D eigenvalue weighted by molar-refractivity contribution is 0.0600. The van der Waals surface area contributed by atoms with Crippen molar-refractivity contribution >= 4 is 23.3 Å². The first-order valence-corrected chi connectivity index (χ1v) is 8.76. The smallest absolute Gasteiger partial charge is 0.337 e. The van der Waals surface area contributed by atoms with Crippen molar-refractivity contribution in [3.63, 3.8) is 0 Å². The summed E-state index contributed by atoms with van der Waals surface area (Å²) < 4.78 is 4.69. The molecule has 6 heteroatoms. The SMILES string of the molecule is COC(=O)c1ccc(Nc2cncc(C(=O)N(C)Cc3ccccc3)c2)cc1. The van der Waals surface area contributed by atoms with Crippen LogP contribution in [0.5, 0.6) is 0 Å². The van der Waals surface area contributed by atoms with E-state index in [1.165, 1.54) is 7.11 Å². The lowest BCUT2D eigenvalue weighted by atomic mass is 10.2. The van der Waals surface area contributed by atoms with E-state index >= 15 is 0 Å². The number of esters is 1. The number of nitrogens with zero attached hydrogens (tertiary/aromatic N) is 2. The number of nitrogens with one attached hydrogen (secondary N) is 1. The Morgan fingerprint density at radius 2 is 1.68 bits per heavy atom. The quantitative estimate of drug-likeness (QED) is 0.662. The minimum atomic E-state index is -0.387. The molecule has 142 valence electrons. The molecule has 0 bridgehead atoms. The van der Waals surface area contributed by atoms with Crippen molar-refractivity contribution in [3.8, 4) is 0 Å². The van der Waals surface area contributed by atoms with Crippen molar-refractivity contribution in [3.05, 3.63) is 89.7 Å². The third-order valence-electron chi connectivity index (χ3n) is 4.19. The molecule has 0 atom stereocenters. The summed E-state index contributed by atoms with van der Waals surface area (Å²) in [4.78, 5) is 30.0. The van der Waals surface area contributed by atoms with Crippen LogP contribution >= 0.6 is 0 Å². The van der Waals surface area contributed by atoms with Gasteiger partial charge < -0.3 is 15.0 Å². The predicted octanol–water partition coefficient (Wildman–Crippen LogP) is 3.88. The lowest BCUT2D eigenvalue weighted by Gasteiger charge is -2.17. The van der Waals surface area contributed by atoms with Crippen molar-refractivity contribution in [1.82, 2.24) is 9.88 Å². The Morgan fingerprint density at radius 1 is 0.964 bits per heavy atom. The largest absolute Gasteiger partial charge is 0.465 e. The van der Waals surface area contributed by atoms with Gasteiger partial charge in [0.1, 0.15) is 0 Å². The summed E-state index contributed by atoms with van der Waals surface area (Å²) in [6.45, 7) is 0.520. The van der Waals surface area contributed by atoms with Crippen LogP contribution in [0.15, 0.2) is 73.1 Å². The lowest BCUT2D eigenvalue weighted by Crippen LogP contribution is -2.26. The molecule has 28 heavy (non-hydrogen) atoms. The highest BCUT2D eigenvalue weighted by atomic mass is 16.5. The van der Waals surface area contributed by atoms with Crippen LogP contribution in [0.1, 0.15) is 26.3 Å². The molecule has 0 spiro atoms. The normalized spacial score (nSPS) is 10.2. The van der Waals surface area contributed by atoms with Gasteiger partial charge in [0.05, 0.1) is 30.1 Å². The number of pyridine rings is 1. The van der Waals surface area contributed by atoms with Crippen molar-refractivity contribution in [2.75, 3.05) is 19.5 Å². The van der Waals surface area contributed by atoms with Gasteiger partial charge in [-0.05, 0) is 35.9 Å². The summed E-state index contributed by atoms with van der Waals surface area (Å²) in [5.74, 6) is -0.497. The average molecular weight is 375 g/mol. The van der Waals surface area contributed by atoms with Gasteiger partial charge in [0.25, 0.3) is 5.91 Å². The number of ether oxygens (including phenoxy) is 1. The Labute approximate surface area is 163 Å². The zero-order valence-corrected chi connectivity index (χ0v) is 15.8. The van der Waals surface area contributed by atoms with Gasteiger partial charge in [0.2, 0.25) is 0 Å². The predicted molar refractivity (Wildman–Crippen MR) is 108 cm³/mol. The number of hydrogen-bond donors (Lipinski definition) is 1. The summed E-state index contributed by atoms with van der Waals surface area (Å²) in [5.41, 5.74) is 3.49. The van der Waals surface area contributed by atoms with E-state index < -0.39 is 0 Å². The van der Waals surface area contributed by atoms with E-state index in [-0.39, 0.29) is 11.9 Å². The molecular formula is C22H21N3O3. The molecule has 1 N–H and O–H groups in total. The molecule has 6 nitrogen and oxygen atoms in total. The number of aromatic nitrogens is 1. The summed E-state index contributed by atoms with van der Waals surface area (Å²) in [6, 6.07) is 18.4. The summed E-state index contributed by atoms with van der Waals surface area (Å²) in [6.07, 6.45) is 3.19. The summed E-state index contributed by atoms with van der Waals surface area (Å²) >= 11 is 0. The first-order chi connectivity index (χ1) is 13.6. The van der Waals surface area contributed by atoms with Crippen LogP contribution in [0.25, 0.3) is 0 Å². The van der Waals surface area contributed by atoms with Crippen molar-refractivity contribution in [2.24, 2.45) is 0 Å². The van der Waals surface area contributed by atoms with Crippen LogP contribution in [0.4, 0.5) is 11.4 Å². The average Bonchev–Trinajstić information content (AvgIpc) is 2.74. The number of methoxy groups -OCH3 is 1. The highest BCUT2D eigenvalue weighted by Gasteiger charge is 2.13. The Balaban J connectivity index is 1.69. The highest BCUT2D eigenvalue weighted by molar-refractivity contribution is 5.94. The zero-order chi connectivity index (χ0) is 19.9. The van der Waals surface area contributed by atoms with Crippen LogP contribution in [-0.4, -0.2) is 35.9 Å². The Kier molecular flexibility index (Phi) is 6.01. The maximum atomic E-state index is 12.7. The second-order valence-corrected chi connectivity index (χ2v) is 6.30. The van der Waals surface area contributed by atoms with Crippen molar-refractivity contribution in [2.45, 2.75) is 6.54 Å². The zero-order valence-electron chi connectivity index (χ0n) is 15.8. The fourth-order valence-electron chi connectivity index (χ4n) is 2.75. The molecule has 3 aromatic rings. The molecule has 1 heterocycles. The van der Waals surface area contributed by atoms with Crippen LogP contribution < -0.4 is 5.32 Å². The molecule has 2 aromatic carbocycles. The van der Waals surface area contributed by atoms with Crippen molar-refractivity contribution in [1.29, 1.82) is 0 Å². The first-order valence-electron chi connectivity index (χ1n) is 8.76. The van der Waals surface area contributed by atoms with E-state index in [2.05, 4.69) is 15.0 Å². The topological polar surface area (TPSA) is 71.5 Å². The maximum Gasteiger partial charge on any atom is 0.337 e. The summed E-state index contributed by atoms with van der Waals surface area (Å²) in [5, 5.41) is 3.19. The van der Waals surface area contributed by atoms with Gasteiger partial charge in [-0.15, -0.1) is 0 Å². The molecule has 0 aliphatic rings. The number of amides is 1. The number of hydrogen-bond acceptors (Lipinski definition) is 5. The maximum absolute atomic E-state index is 12.7. The van der Waals surface area contributed by atoms with E-state index in [0.29, 0.717) is 23.4 Å². The van der Waals surface area contributed by atoms with Gasteiger partial charge in [0, 0.05) is 25.5 Å². The highest BCUT2D eigenvalue weighted by Crippen LogP contribution is 2.19. The van der Waals surface area contributed by atoms with E-state index in [9.17, 15) is 9.59 Å². The molecule has 0 saturated carbocycles. The van der Waals surface area contributed by atoms with E-state index in [0.717, 1.165) is 11.3 Å². The molecule has 1 aromatic heterocycles. The second-order valence-electron chi connectivity index (χ2n) is 6.30. The van der Waals surface area contributed by atoms with Gasteiger partial charge >= 0.3 is 5.97 Å². The first kappa shape index (κ1) is 19.1. The van der Waals surface area contributed by atoms with Gasteiger partial charge in [-0.3, -0.25) is 9.78 Å². The molecular weight excluding hydrogens is 354 g/mol. The Morgan fingerprint density at radius 3 is 2.36 bits per heavy atom. The minimum Gasteiger partial charge on any atom is -0.465 e. The number of carbonyl (C=O) groups is 2. The molecule has 0 fully saturated rings. The molecule has 1 amide bonds. The fraction of sp³-hybridized carbons (Fsp3) is 0.136. The van der Waals surface area contributed by atoms with E-state index in [1.807, 2.05) is 30.3 Å².